The fourth-order valence-corrected chi connectivity index (χ4v) is 2.07. The molecule has 2 aromatic carbocycles. The third-order valence-corrected chi connectivity index (χ3v) is 3.02. The van der Waals surface area contributed by atoms with E-state index < -0.39 is 23.4 Å². The molecule has 0 aliphatic heterocycles. The van der Waals surface area contributed by atoms with Crippen molar-refractivity contribution in [1.29, 1.82) is 0 Å². The lowest BCUT2D eigenvalue weighted by Gasteiger charge is -2.13. The van der Waals surface area contributed by atoms with Crippen molar-refractivity contribution in [3.63, 3.8) is 0 Å². The van der Waals surface area contributed by atoms with Crippen LogP contribution in [0.3, 0.4) is 0 Å². The second kappa shape index (κ2) is 5.81. The molecule has 21 heavy (non-hydrogen) atoms. The number of nitrogens with one attached hydrogen (secondary N) is 1. The van der Waals surface area contributed by atoms with Crippen LogP contribution in [0.15, 0.2) is 36.4 Å². The van der Waals surface area contributed by atoms with Crippen molar-refractivity contribution in [2.45, 2.75) is 12.7 Å². The Morgan fingerprint density at radius 2 is 1.71 bits per heavy atom. The van der Waals surface area contributed by atoms with Gasteiger partial charge in [0, 0.05) is 6.54 Å². The summed E-state index contributed by atoms with van der Waals surface area (Å²) in [5.74, 6) is -1.92. The highest BCUT2D eigenvalue weighted by atomic mass is 19.4. The van der Waals surface area contributed by atoms with Gasteiger partial charge in [-0.2, -0.15) is 13.2 Å². The van der Waals surface area contributed by atoms with Crippen LogP contribution < -0.4 is 5.32 Å². The average molecular weight is 301 g/mol. The van der Waals surface area contributed by atoms with E-state index in [9.17, 15) is 22.0 Å². The van der Waals surface area contributed by atoms with E-state index in [2.05, 4.69) is 5.32 Å². The molecule has 0 saturated heterocycles. The number of hydrogen-bond donors (Lipinski definition) is 1. The van der Waals surface area contributed by atoms with Crippen molar-refractivity contribution in [1.82, 2.24) is 5.32 Å². The van der Waals surface area contributed by atoms with Crippen LogP contribution in [0.5, 0.6) is 0 Å². The normalized spacial score (nSPS) is 11.7. The maximum Gasteiger partial charge on any atom is 0.419 e. The molecule has 1 nitrogen and oxygen atoms in total. The molecule has 0 bridgehead atoms. The number of alkyl halides is 3. The SMILES string of the molecule is CNCc1ccc(F)cc1-c1ccc(F)c(C(F)(F)F)c1. The summed E-state index contributed by atoms with van der Waals surface area (Å²) in [4.78, 5) is 0. The Hall–Kier alpha value is -1.95. The Labute approximate surface area is 118 Å². The number of rotatable bonds is 3. The molecule has 0 spiro atoms. The van der Waals surface area contributed by atoms with Gasteiger partial charge < -0.3 is 5.32 Å². The quantitative estimate of drug-likeness (QED) is 0.830. The lowest BCUT2D eigenvalue weighted by Crippen LogP contribution is -2.09. The Balaban J connectivity index is 2.59. The molecule has 0 radical (unpaired) electrons. The van der Waals surface area contributed by atoms with Gasteiger partial charge in [0.2, 0.25) is 0 Å². The van der Waals surface area contributed by atoms with Crippen LogP contribution in [0.1, 0.15) is 11.1 Å². The Morgan fingerprint density at radius 1 is 1.00 bits per heavy atom. The summed E-state index contributed by atoms with van der Waals surface area (Å²) in [5, 5.41) is 2.85. The highest BCUT2D eigenvalue weighted by Crippen LogP contribution is 2.35. The Kier molecular flexibility index (Phi) is 4.27. The van der Waals surface area contributed by atoms with Crippen molar-refractivity contribution in [3.8, 4) is 11.1 Å². The van der Waals surface area contributed by atoms with Gasteiger partial charge in [-0.05, 0) is 48.0 Å². The first-order valence-electron chi connectivity index (χ1n) is 6.13. The minimum Gasteiger partial charge on any atom is -0.316 e. The molecule has 0 fully saturated rings. The molecule has 1 N–H and O–H groups in total. The maximum absolute atomic E-state index is 13.4. The minimum atomic E-state index is -4.80. The van der Waals surface area contributed by atoms with E-state index in [1.165, 1.54) is 18.2 Å². The topological polar surface area (TPSA) is 12.0 Å². The largest absolute Gasteiger partial charge is 0.419 e. The fourth-order valence-electron chi connectivity index (χ4n) is 2.07. The molecule has 0 heterocycles. The van der Waals surface area contributed by atoms with E-state index >= 15 is 0 Å². The van der Waals surface area contributed by atoms with Gasteiger partial charge in [-0.1, -0.05) is 12.1 Å². The lowest BCUT2D eigenvalue weighted by atomic mass is 9.97. The van der Waals surface area contributed by atoms with E-state index in [0.717, 1.165) is 12.1 Å². The second-order valence-corrected chi connectivity index (χ2v) is 4.52. The molecule has 0 aliphatic carbocycles. The number of benzene rings is 2. The van der Waals surface area contributed by atoms with Gasteiger partial charge in [-0.15, -0.1) is 0 Å². The van der Waals surface area contributed by atoms with Gasteiger partial charge >= 0.3 is 6.18 Å². The third kappa shape index (κ3) is 3.39. The van der Waals surface area contributed by atoms with Crippen molar-refractivity contribution in [2.24, 2.45) is 0 Å². The molecule has 2 rings (SSSR count). The molecular weight excluding hydrogens is 289 g/mol. The summed E-state index contributed by atoms with van der Waals surface area (Å²) in [5.41, 5.74) is -0.318. The maximum atomic E-state index is 13.4. The van der Waals surface area contributed by atoms with Crippen molar-refractivity contribution < 1.29 is 22.0 Å². The lowest BCUT2D eigenvalue weighted by molar-refractivity contribution is -0.139. The molecule has 6 heteroatoms. The highest BCUT2D eigenvalue weighted by Gasteiger charge is 2.34. The van der Waals surface area contributed by atoms with Crippen LogP contribution >= 0.6 is 0 Å². The van der Waals surface area contributed by atoms with Crippen LogP contribution in [-0.2, 0) is 12.7 Å². The van der Waals surface area contributed by atoms with Crippen molar-refractivity contribution in [3.05, 3.63) is 59.2 Å². The average Bonchev–Trinajstić information content (AvgIpc) is 2.40. The molecule has 2 aromatic rings. The molecule has 0 atom stereocenters. The fraction of sp³-hybridized carbons (Fsp3) is 0.200. The molecule has 0 aromatic heterocycles. The number of halogens is 5. The molecule has 0 aliphatic rings. The van der Waals surface area contributed by atoms with Crippen LogP contribution in [-0.4, -0.2) is 7.05 Å². The van der Waals surface area contributed by atoms with Crippen molar-refractivity contribution >= 4 is 0 Å². The van der Waals surface area contributed by atoms with E-state index in [1.54, 1.807) is 7.05 Å². The zero-order valence-electron chi connectivity index (χ0n) is 11.1. The molecule has 0 amide bonds. The van der Waals surface area contributed by atoms with Crippen LogP contribution in [0.4, 0.5) is 22.0 Å². The summed E-state index contributed by atoms with van der Waals surface area (Å²) in [6.45, 7) is 0.355. The van der Waals surface area contributed by atoms with Gasteiger partial charge in [-0.25, -0.2) is 8.78 Å². The van der Waals surface area contributed by atoms with Crippen LogP contribution in [0.25, 0.3) is 11.1 Å². The third-order valence-electron chi connectivity index (χ3n) is 3.02. The predicted molar refractivity (Wildman–Crippen MR) is 69.6 cm³/mol. The van der Waals surface area contributed by atoms with E-state index in [1.807, 2.05) is 0 Å². The van der Waals surface area contributed by atoms with Gasteiger partial charge in [-0.3, -0.25) is 0 Å². The molecular formula is C15H12F5N. The standard InChI is InChI=1S/C15H12F5N/c1-21-8-10-2-4-11(16)7-12(10)9-3-5-14(17)13(6-9)15(18,19)20/h2-7,21H,8H2,1H3. The summed E-state index contributed by atoms with van der Waals surface area (Å²) in [6.07, 6.45) is -4.80. The molecule has 112 valence electrons. The predicted octanol–water partition coefficient (Wildman–Crippen LogP) is 4.37. The Morgan fingerprint density at radius 3 is 2.33 bits per heavy atom. The first kappa shape index (κ1) is 15.4. The first-order valence-corrected chi connectivity index (χ1v) is 6.13. The summed E-state index contributed by atoms with van der Waals surface area (Å²) in [6, 6.07) is 6.50. The zero-order valence-corrected chi connectivity index (χ0v) is 11.1. The van der Waals surface area contributed by atoms with E-state index in [4.69, 9.17) is 0 Å². The molecule has 0 saturated carbocycles. The summed E-state index contributed by atoms with van der Waals surface area (Å²) >= 11 is 0. The smallest absolute Gasteiger partial charge is 0.316 e. The van der Waals surface area contributed by atoms with Crippen LogP contribution in [0.2, 0.25) is 0 Å². The van der Waals surface area contributed by atoms with Gasteiger partial charge in [0.15, 0.2) is 0 Å². The summed E-state index contributed by atoms with van der Waals surface area (Å²) in [7, 11) is 1.67. The minimum absolute atomic E-state index is 0.119. The zero-order chi connectivity index (χ0) is 15.6. The Bertz CT molecular complexity index is 649. The first-order chi connectivity index (χ1) is 9.82. The van der Waals surface area contributed by atoms with Gasteiger partial charge in [0.25, 0.3) is 0 Å². The van der Waals surface area contributed by atoms with E-state index in [-0.39, 0.29) is 5.56 Å². The summed E-state index contributed by atoms with van der Waals surface area (Å²) < 4.78 is 64.9. The van der Waals surface area contributed by atoms with Gasteiger partial charge in [0.05, 0.1) is 5.56 Å². The van der Waals surface area contributed by atoms with Crippen LogP contribution in [0, 0.1) is 11.6 Å². The number of hydrogen-bond acceptors (Lipinski definition) is 1. The monoisotopic (exact) mass is 301 g/mol. The second-order valence-electron chi connectivity index (χ2n) is 4.52. The van der Waals surface area contributed by atoms with Gasteiger partial charge in [0.1, 0.15) is 11.6 Å². The highest BCUT2D eigenvalue weighted by molar-refractivity contribution is 5.68. The van der Waals surface area contributed by atoms with E-state index in [0.29, 0.717) is 23.7 Å². The molecule has 0 unspecified atom stereocenters. The van der Waals surface area contributed by atoms with Crippen molar-refractivity contribution in [2.75, 3.05) is 7.05 Å².